The van der Waals surface area contributed by atoms with Crippen molar-refractivity contribution < 1.29 is 13.5 Å². The molecule has 1 atom stereocenters. The van der Waals surface area contributed by atoms with Crippen molar-refractivity contribution in [2.75, 3.05) is 6.61 Å². The first-order valence-corrected chi connectivity index (χ1v) is 6.05. The fourth-order valence-corrected chi connectivity index (χ4v) is 1.59. The van der Waals surface area contributed by atoms with Crippen molar-refractivity contribution in [1.29, 1.82) is 0 Å². The van der Waals surface area contributed by atoms with Gasteiger partial charge in [-0.2, -0.15) is 0 Å². The highest BCUT2D eigenvalue weighted by atomic mass is 79.9. The van der Waals surface area contributed by atoms with E-state index in [1.54, 1.807) is 6.20 Å². The third-order valence-electron chi connectivity index (χ3n) is 2.34. The monoisotopic (exact) mass is 283 g/mol. The third kappa shape index (κ3) is 4.82. The molecular formula is C10H16BrF2NO. The van der Waals surface area contributed by atoms with Crippen molar-refractivity contribution in [1.82, 2.24) is 5.32 Å². The average molecular weight is 284 g/mol. The Morgan fingerprint density at radius 1 is 1.67 bits per heavy atom. The molecule has 2 nitrogen and oxygen atoms in total. The van der Waals surface area contributed by atoms with Crippen LogP contribution in [0.5, 0.6) is 0 Å². The van der Waals surface area contributed by atoms with E-state index in [-0.39, 0.29) is 24.4 Å². The van der Waals surface area contributed by atoms with Gasteiger partial charge >= 0.3 is 0 Å². The van der Waals surface area contributed by atoms with Gasteiger partial charge in [0.05, 0.1) is 11.6 Å². The lowest BCUT2D eigenvalue weighted by Crippen LogP contribution is -2.23. The number of hydrogen-bond donors (Lipinski definition) is 1. The smallest absolute Gasteiger partial charge is 0.251 e. The van der Waals surface area contributed by atoms with E-state index in [1.807, 2.05) is 0 Å². The van der Waals surface area contributed by atoms with E-state index in [4.69, 9.17) is 4.74 Å². The fourth-order valence-electron chi connectivity index (χ4n) is 1.23. The summed E-state index contributed by atoms with van der Waals surface area (Å²) < 4.78 is 31.0. The maximum Gasteiger partial charge on any atom is 0.251 e. The summed E-state index contributed by atoms with van der Waals surface area (Å²) in [5.74, 6) is -1.83. The van der Waals surface area contributed by atoms with Gasteiger partial charge in [-0.1, -0.05) is 22.9 Å². The number of halogens is 3. The molecule has 0 bridgehead atoms. The van der Waals surface area contributed by atoms with Crippen molar-refractivity contribution >= 4 is 15.9 Å². The molecule has 0 aromatic carbocycles. The number of hydrogen-bond acceptors (Lipinski definition) is 2. The van der Waals surface area contributed by atoms with Gasteiger partial charge in [-0.3, -0.25) is 0 Å². The average Bonchev–Trinajstić information content (AvgIpc) is 2.21. The SMILES string of the molecule is CCC(F)(F)CCOC1=CNC(Br)CC1. The molecule has 1 aliphatic rings. The van der Waals surface area contributed by atoms with Gasteiger partial charge in [0.1, 0.15) is 5.76 Å². The molecule has 5 heteroatoms. The minimum atomic E-state index is -2.60. The largest absolute Gasteiger partial charge is 0.496 e. The Balaban J connectivity index is 2.21. The van der Waals surface area contributed by atoms with Crippen LogP contribution < -0.4 is 5.32 Å². The summed E-state index contributed by atoms with van der Waals surface area (Å²) in [5, 5.41) is 3.04. The van der Waals surface area contributed by atoms with E-state index in [9.17, 15) is 8.78 Å². The summed E-state index contributed by atoms with van der Waals surface area (Å²) in [6, 6.07) is 0. The quantitative estimate of drug-likeness (QED) is 0.617. The second-order valence-corrected chi connectivity index (χ2v) is 4.70. The fraction of sp³-hybridized carbons (Fsp3) is 0.800. The Bertz CT molecular complexity index is 233. The summed E-state index contributed by atoms with van der Waals surface area (Å²) in [5.41, 5.74) is 0. The van der Waals surface area contributed by atoms with E-state index < -0.39 is 5.92 Å². The van der Waals surface area contributed by atoms with Crippen molar-refractivity contribution in [3.63, 3.8) is 0 Å². The summed E-state index contributed by atoms with van der Waals surface area (Å²) in [4.78, 5) is 0.266. The van der Waals surface area contributed by atoms with Crippen LogP contribution in [0.1, 0.15) is 32.6 Å². The summed E-state index contributed by atoms with van der Waals surface area (Å²) in [6.07, 6.45) is 3.11. The molecule has 1 heterocycles. The highest BCUT2D eigenvalue weighted by molar-refractivity contribution is 9.09. The Morgan fingerprint density at radius 2 is 2.40 bits per heavy atom. The number of nitrogens with one attached hydrogen (secondary N) is 1. The van der Waals surface area contributed by atoms with Crippen molar-refractivity contribution in [3.8, 4) is 0 Å². The second kappa shape index (κ2) is 5.68. The molecule has 1 unspecified atom stereocenters. The Kier molecular flexibility index (Phi) is 4.83. The van der Waals surface area contributed by atoms with Crippen LogP contribution in [-0.2, 0) is 4.74 Å². The van der Waals surface area contributed by atoms with Crippen LogP contribution in [0.25, 0.3) is 0 Å². The highest BCUT2D eigenvalue weighted by Gasteiger charge is 2.26. The van der Waals surface area contributed by atoms with Crippen molar-refractivity contribution in [3.05, 3.63) is 12.0 Å². The number of allylic oxidation sites excluding steroid dienone is 1. The minimum Gasteiger partial charge on any atom is -0.496 e. The van der Waals surface area contributed by atoms with E-state index in [1.165, 1.54) is 6.92 Å². The van der Waals surface area contributed by atoms with Crippen molar-refractivity contribution in [2.45, 2.75) is 43.5 Å². The lowest BCUT2D eigenvalue weighted by molar-refractivity contribution is -0.0292. The topological polar surface area (TPSA) is 21.3 Å². The Hall–Kier alpha value is -0.320. The third-order valence-corrected chi connectivity index (χ3v) is 3.06. The molecule has 0 radical (unpaired) electrons. The molecule has 1 N–H and O–H groups in total. The van der Waals surface area contributed by atoms with Crippen LogP contribution >= 0.6 is 15.9 Å². The first kappa shape index (κ1) is 12.7. The van der Waals surface area contributed by atoms with Gasteiger partial charge in [-0.15, -0.1) is 0 Å². The van der Waals surface area contributed by atoms with E-state index in [0.717, 1.165) is 18.6 Å². The van der Waals surface area contributed by atoms with Crippen molar-refractivity contribution in [2.24, 2.45) is 0 Å². The van der Waals surface area contributed by atoms with E-state index in [2.05, 4.69) is 21.2 Å². The highest BCUT2D eigenvalue weighted by Crippen LogP contribution is 2.23. The maximum atomic E-state index is 12.8. The zero-order chi connectivity index (χ0) is 11.3. The van der Waals surface area contributed by atoms with Crippen LogP contribution in [0, 0.1) is 0 Å². The lowest BCUT2D eigenvalue weighted by atomic mass is 10.2. The van der Waals surface area contributed by atoms with E-state index >= 15 is 0 Å². The molecule has 15 heavy (non-hydrogen) atoms. The minimum absolute atomic E-state index is 0.0846. The van der Waals surface area contributed by atoms with Gasteiger partial charge in [0.2, 0.25) is 0 Å². The standard InChI is InChI=1S/C10H16BrF2NO/c1-2-10(12,13)5-6-15-8-3-4-9(11)14-7-8/h7,9,14H,2-6H2,1H3. The van der Waals surface area contributed by atoms with Crippen LogP contribution in [0.2, 0.25) is 0 Å². The lowest BCUT2D eigenvalue weighted by Gasteiger charge is -2.20. The summed E-state index contributed by atoms with van der Waals surface area (Å²) >= 11 is 3.40. The molecule has 1 aliphatic heterocycles. The molecule has 0 saturated carbocycles. The zero-order valence-corrected chi connectivity index (χ0v) is 10.3. The predicted molar refractivity (Wildman–Crippen MR) is 59.0 cm³/mol. The molecule has 88 valence electrons. The molecular weight excluding hydrogens is 268 g/mol. The normalized spacial score (nSPS) is 21.9. The van der Waals surface area contributed by atoms with Gasteiger partial charge in [0, 0.05) is 25.5 Å². The predicted octanol–water partition coefficient (Wildman–Crippen LogP) is 3.38. The van der Waals surface area contributed by atoms with Gasteiger partial charge in [0.25, 0.3) is 5.92 Å². The molecule has 0 aliphatic carbocycles. The summed E-state index contributed by atoms with van der Waals surface area (Å²) in [6.45, 7) is 1.57. The first-order chi connectivity index (χ1) is 7.03. The van der Waals surface area contributed by atoms with E-state index in [0.29, 0.717) is 0 Å². The zero-order valence-electron chi connectivity index (χ0n) is 8.73. The summed E-state index contributed by atoms with van der Waals surface area (Å²) in [7, 11) is 0. The van der Waals surface area contributed by atoms with Crippen LogP contribution in [-0.4, -0.2) is 17.5 Å². The molecule has 0 fully saturated rings. The maximum absolute atomic E-state index is 12.8. The van der Waals surface area contributed by atoms with Crippen LogP contribution in [0.15, 0.2) is 12.0 Å². The molecule has 0 saturated heterocycles. The van der Waals surface area contributed by atoms with Gasteiger partial charge in [-0.05, 0) is 6.42 Å². The molecule has 0 spiro atoms. The van der Waals surface area contributed by atoms with Crippen LogP contribution in [0.3, 0.4) is 0 Å². The number of rotatable bonds is 5. The molecule has 0 amide bonds. The Morgan fingerprint density at radius 3 is 2.93 bits per heavy atom. The second-order valence-electron chi connectivity index (χ2n) is 3.59. The first-order valence-electron chi connectivity index (χ1n) is 5.13. The van der Waals surface area contributed by atoms with Gasteiger partial charge in [-0.25, -0.2) is 8.78 Å². The van der Waals surface area contributed by atoms with Gasteiger partial charge < -0.3 is 10.1 Å². The Labute approximate surface area is 97.2 Å². The van der Waals surface area contributed by atoms with Crippen LogP contribution in [0.4, 0.5) is 8.78 Å². The number of ether oxygens (including phenoxy) is 1. The van der Waals surface area contributed by atoms with Gasteiger partial charge in [0.15, 0.2) is 0 Å². The molecule has 0 aromatic rings. The molecule has 1 rings (SSSR count). The number of alkyl halides is 3. The molecule has 0 aromatic heterocycles.